The molecule has 0 aliphatic rings. The molecule has 0 saturated heterocycles. The van der Waals surface area contributed by atoms with E-state index in [4.69, 9.17) is 8.83 Å². The van der Waals surface area contributed by atoms with Gasteiger partial charge >= 0.3 is 0 Å². The predicted molar refractivity (Wildman–Crippen MR) is 237 cm³/mol. The topological polar surface area (TPSA) is 29.5 Å². The van der Waals surface area contributed by atoms with Gasteiger partial charge in [-0.3, -0.25) is 0 Å². The van der Waals surface area contributed by atoms with Crippen molar-refractivity contribution in [3.8, 4) is 22.3 Å². The summed E-state index contributed by atoms with van der Waals surface area (Å²) in [6.07, 6.45) is 0. The standard InChI is InChI=1S/C52H31NO2S/c1-2-11-32(12-3-1)38-15-6-8-19-45(38)53(36-23-21-33(22-24-36)39-17-10-18-41-40-16-7-9-20-46(40)54-51(39)41)37-25-26-43-49(31-37)56-48-28-27-42-44-29-34-13-4-5-14-35(34)30-47(44)55-52(42)50(43)48/h1-31H. The van der Waals surface area contributed by atoms with Gasteiger partial charge in [-0.2, -0.15) is 0 Å². The van der Waals surface area contributed by atoms with Gasteiger partial charge < -0.3 is 13.7 Å². The van der Waals surface area contributed by atoms with E-state index in [0.29, 0.717) is 0 Å². The van der Waals surface area contributed by atoms with Gasteiger partial charge in [-0.1, -0.05) is 127 Å². The minimum Gasteiger partial charge on any atom is -0.455 e. The molecule has 0 amide bonds. The van der Waals surface area contributed by atoms with Gasteiger partial charge in [0, 0.05) is 64.2 Å². The first-order chi connectivity index (χ1) is 27.7. The zero-order chi connectivity index (χ0) is 36.7. The van der Waals surface area contributed by atoms with E-state index in [0.717, 1.165) is 77.6 Å². The van der Waals surface area contributed by atoms with Crippen LogP contribution in [0, 0.1) is 0 Å². The van der Waals surface area contributed by atoms with Crippen LogP contribution >= 0.6 is 11.3 Å². The molecule has 9 aromatic carbocycles. The third-order valence-corrected chi connectivity index (χ3v) is 12.4. The van der Waals surface area contributed by atoms with E-state index < -0.39 is 0 Å². The Morgan fingerprint density at radius 1 is 0.375 bits per heavy atom. The van der Waals surface area contributed by atoms with Crippen molar-refractivity contribution in [3.05, 3.63) is 188 Å². The molecule has 0 aliphatic carbocycles. The summed E-state index contributed by atoms with van der Waals surface area (Å²) in [7, 11) is 0. The first-order valence-corrected chi connectivity index (χ1v) is 19.7. The molecule has 0 unspecified atom stereocenters. The number of fused-ring (bicyclic) bond motifs is 11. The molecule has 12 aromatic rings. The zero-order valence-electron chi connectivity index (χ0n) is 30.1. The average Bonchev–Trinajstić information content (AvgIpc) is 3.94. The molecular formula is C52H31NO2S. The lowest BCUT2D eigenvalue weighted by Gasteiger charge is -2.28. The Bertz CT molecular complexity index is 3480. The van der Waals surface area contributed by atoms with E-state index >= 15 is 0 Å². The molecule has 3 nitrogen and oxygen atoms in total. The Hall–Kier alpha value is -7.14. The van der Waals surface area contributed by atoms with Crippen molar-refractivity contribution < 1.29 is 8.83 Å². The van der Waals surface area contributed by atoms with Crippen molar-refractivity contribution in [2.75, 3.05) is 4.90 Å². The van der Waals surface area contributed by atoms with Gasteiger partial charge in [0.1, 0.15) is 22.3 Å². The van der Waals surface area contributed by atoms with Crippen LogP contribution in [0.5, 0.6) is 0 Å². The second-order valence-electron chi connectivity index (χ2n) is 14.4. The minimum absolute atomic E-state index is 0.904. The third-order valence-electron chi connectivity index (χ3n) is 11.3. The highest BCUT2D eigenvalue weighted by Gasteiger charge is 2.21. The zero-order valence-corrected chi connectivity index (χ0v) is 30.9. The molecule has 0 saturated carbocycles. The Morgan fingerprint density at radius 2 is 1.04 bits per heavy atom. The SMILES string of the molecule is c1ccc(-c2ccccc2N(c2ccc(-c3cccc4c3oc3ccccc34)cc2)c2ccc3c(c2)sc2ccc4c5cc6ccccc6cc5oc4c23)cc1. The highest BCUT2D eigenvalue weighted by atomic mass is 32.1. The smallest absolute Gasteiger partial charge is 0.144 e. The molecule has 56 heavy (non-hydrogen) atoms. The summed E-state index contributed by atoms with van der Waals surface area (Å²) in [5, 5.41) is 9.35. The number of rotatable bonds is 5. The van der Waals surface area contributed by atoms with Gasteiger partial charge in [-0.25, -0.2) is 0 Å². The van der Waals surface area contributed by atoms with E-state index in [1.165, 1.54) is 36.5 Å². The maximum absolute atomic E-state index is 6.70. The number of furan rings is 2. The second kappa shape index (κ2) is 12.2. The lowest BCUT2D eigenvalue weighted by atomic mass is 10.00. The van der Waals surface area contributed by atoms with Crippen LogP contribution in [-0.2, 0) is 0 Å². The van der Waals surface area contributed by atoms with Gasteiger partial charge in [0.15, 0.2) is 0 Å². The quantitative estimate of drug-likeness (QED) is 0.176. The van der Waals surface area contributed by atoms with Crippen LogP contribution < -0.4 is 4.90 Å². The highest BCUT2D eigenvalue weighted by Crippen LogP contribution is 2.47. The fourth-order valence-electron chi connectivity index (χ4n) is 8.63. The number of hydrogen-bond acceptors (Lipinski definition) is 4. The van der Waals surface area contributed by atoms with Crippen LogP contribution in [0.3, 0.4) is 0 Å². The van der Waals surface area contributed by atoms with E-state index in [-0.39, 0.29) is 0 Å². The van der Waals surface area contributed by atoms with E-state index in [9.17, 15) is 0 Å². The molecule has 0 aliphatic heterocycles. The molecule has 0 spiro atoms. The first kappa shape index (κ1) is 31.2. The summed E-state index contributed by atoms with van der Waals surface area (Å²) in [5.41, 5.74) is 11.5. The van der Waals surface area contributed by atoms with Crippen molar-refractivity contribution >= 4 is 103 Å². The maximum atomic E-state index is 6.70. The van der Waals surface area contributed by atoms with Crippen molar-refractivity contribution in [1.29, 1.82) is 0 Å². The molecule has 3 aromatic heterocycles. The Morgan fingerprint density at radius 3 is 1.93 bits per heavy atom. The summed E-state index contributed by atoms with van der Waals surface area (Å²) in [6.45, 7) is 0. The predicted octanol–water partition coefficient (Wildman–Crippen LogP) is 15.8. The number of para-hydroxylation sites is 3. The lowest BCUT2D eigenvalue weighted by Crippen LogP contribution is -2.11. The van der Waals surface area contributed by atoms with E-state index in [2.05, 4.69) is 181 Å². The Labute approximate surface area is 325 Å². The van der Waals surface area contributed by atoms with Crippen molar-refractivity contribution in [1.82, 2.24) is 0 Å². The number of benzene rings is 9. The van der Waals surface area contributed by atoms with E-state index in [1.807, 2.05) is 23.5 Å². The summed E-state index contributed by atoms with van der Waals surface area (Å²) in [5.74, 6) is 0. The highest BCUT2D eigenvalue weighted by molar-refractivity contribution is 7.26. The Kier molecular flexibility index (Phi) is 6.80. The van der Waals surface area contributed by atoms with Gasteiger partial charge in [0.05, 0.1) is 5.69 Å². The molecular weight excluding hydrogens is 703 g/mol. The first-order valence-electron chi connectivity index (χ1n) is 18.9. The van der Waals surface area contributed by atoms with Crippen LogP contribution in [0.4, 0.5) is 17.1 Å². The Balaban J connectivity index is 1.03. The molecule has 12 rings (SSSR count). The summed E-state index contributed by atoms with van der Waals surface area (Å²) in [4.78, 5) is 2.39. The van der Waals surface area contributed by atoms with E-state index in [1.54, 1.807) is 0 Å². The molecule has 0 radical (unpaired) electrons. The van der Waals surface area contributed by atoms with Crippen LogP contribution in [0.15, 0.2) is 197 Å². The summed E-state index contributed by atoms with van der Waals surface area (Å²) >= 11 is 1.82. The molecule has 0 fully saturated rings. The van der Waals surface area contributed by atoms with Crippen LogP contribution in [-0.4, -0.2) is 0 Å². The monoisotopic (exact) mass is 733 g/mol. The van der Waals surface area contributed by atoms with Crippen LogP contribution in [0.2, 0.25) is 0 Å². The second-order valence-corrected chi connectivity index (χ2v) is 15.5. The number of nitrogens with zero attached hydrogens (tertiary/aromatic N) is 1. The summed E-state index contributed by atoms with van der Waals surface area (Å²) < 4.78 is 15.6. The fraction of sp³-hybridized carbons (Fsp3) is 0. The molecule has 0 atom stereocenters. The maximum Gasteiger partial charge on any atom is 0.144 e. The fourth-order valence-corrected chi connectivity index (χ4v) is 9.77. The molecule has 0 N–H and O–H groups in total. The summed E-state index contributed by atoms with van der Waals surface area (Å²) in [6, 6.07) is 67.2. The third kappa shape index (κ3) is 4.76. The molecule has 4 heteroatoms. The van der Waals surface area contributed by atoms with Gasteiger partial charge in [-0.15, -0.1) is 11.3 Å². The largest absolute Gasteiger partial charge is 0.455 e. The van der Waals surface area contributed by atoms with Gasteiger partial charge in [0.2, 0.25) is 0 Å². The minimum atomic E-state index is 0.904. The molecule has 262 valence electrons. The van der Waals surface area contributed by atoms with Crippen molar-refractivity contribution in [3.63, 3.8) is 0 Å². The number of thiophene rings is 1. The molecule has 3 heterocycles. The van der Waals surface area contributed by atoms with Crippen molar-refractivity contribution in [2.45, 2.75) is 0 Å². The van der Waals surface area contributed by atoms with Crippen molar-refractivity contribution in [2.24, 2.45) is 0 Å². The molecule has 0 bridgehead atoms. The van der Waals surface area contributed by atoms with Crippen LogP contribution in [0.1, 0.15) is 0 Å². The van der Waals surface area contributed by atoms with Crippen LogP contribution in [0.25, 0.3) is 97.1 Å². The number of hydrogen-bond donors (Lipinski definition) is 0. The normalized spacial score (nSPS) is 11.9. The van der Waals surface area contributed by atoms with Gasteiger partial charge in [-0.05, 0) is 82.6 Å². The number of anilines is 3. The lowest BCUT2D eigenvalue weighted by molar-refractivity contribution is 0.670. The average molecular weight is 734 g/mol. The van der Waals surface area contributed by atoms with Gasteiger partial charge in [0.25, 0.3) is 0 Å².